The third-order valence-electron chi connectivity index (χ3n) is 2.47. The first-order chi connectivity index (χ1) is 9.79. The number of hydrogen-bond donors (Lipinski definition) is 1. The number of nitrogens with one attached hydrogen (secondary N) is 1. The van der Waals surface area contributed by atoms with Gasteiger partial charge in [0.1, 0.15) is 11.4 Å². The fourth-order valence-corrected chi connectivity index (χ4v) is 1.54. The largest absolute Gasteiger partial charge is 0.494 e. The summed E-state index contributed by atoms with van der Waals surface area (Å²) in [7, 11) is 0. The van der Waals surface area contributed by atoms with Crippen molar-refractivity contribution in [2.45, 2.75) is 6.92 Å². The lowest BCUT2D eigenvalue weighted by Crippen LogP contribution is -2.18. The Balaban J connectivity index is 1.91. The molecule has 0 unspecified atom stereocenters. The summed E-state index contributed by atoms with van der Waals surface area (Å²) < 4.78 is 5.34. The van der Waals surface area contributed by atoms with Crippen molar-refractivity contribution in [3.05, 3.63) is 59.9 Å². The van der Waals surface area contributed by atoms with Gasteiger partial charge in [0.25, 0.3) is 5.91 Å². The van der Waals surface area contributed by atoms with Gasteiger partial charge in [0.15, 0.2) is 0 Å². The molecule has 0 bridgehead atoms. The molecule has 1 aromatic carbocycles. The molecule has 0 aliphatic rings. The molecule has 0 spiro atoms. The molecule has 5 heteroatoms. The van der Waals surface area contributed by atoms with E-state index >= 15 is 0 Å². The topological polar surface area (TPSA) is 63.6 Å². The van der Waals surface area contributed by atoms with Crippen LogP contribution in [0.4, 0.5) is 0 Å². The summed E-state index contributed by atoms with van der Waals surface area (Å²) in [6.45, 7) is 2.57. The molecular weight excluding hydrogens is 254 g/mol. The predicted molar refractivity (Wildman–Crippen MR) is 76.9 cm³/mol. The Morgan fingerprint density at radius 1 is 1.30 bits per heavy atom. The van der Waals surface area contributed by atoms with Crippen LogP contribution in [0, 0.1) is 0 Å². The molecule has 102 valence electrons. The van der Waals surface area contributed by atoms with Gasteiger partial charge >= 0.3 is 0 Å². The van der Waals surface area contributed by atoms with Crippen molar-refractivity contribution >= 4 is 12.1 Å². The van der Waals surface area contributed by atoms with Crippen LogP contribution >= 0.6 is 0 Å². The standard InChI is InChI=1S/C15H15N3O2/c1-2-20-13-8-6-12(7-9-13)11-17-18-15(19)14-5-3-4-10-16-14/h3-11H,2H2,1H3,(H,18,19)/b17-11+. The van der Waals surface area contributed by atoms with Crippen molar-refractivity contribution in [1.29, 1.82) is 0 Å². The summed E-state index contributed by atoms with van der Waals surface area (Å²) in [6.07, 6.45) is 3.13. The number of rotatable bonds is 5. The Morgan fingerprint density at radius 2 is 2.10 bits per heavy atom. The van der Waals surface area contributed by atoms with Crippen molar-refractivity contribution in [3.8, 4) is 5.75 Å². The van der Waals surface area contributed by atoms with E-state index in [1.54, 1.807) is 30.6 Å². The highest BCUT2D eigenvalue weighted by atomic mass is 16.5. The van der Waals surface area contributed by atoms with Crippen molar-refractivity contribution in [1.82, 2.24) is 10.4 Å². The lowest BCUT2D eigenvalue weighted by molar-refractivity contribution is 0.0950. The lowest BCUT2D eigenvalue weighted by Gasteiger charge is -2.02. The highest BCUT2D eigenvalue weighted by Crippen LogP contribution is 2.10. The maximum Gasteiger partial charge on any atom is 0.289 e. The summed E-state index contributed by atoms with van der Waals surface area (Å²) in [5.41, 5.74) is 3.62. The minimum absolute atomic E-state index is 0.330. The summed E-state index contributed by atoms with van der Waals surface area (Å²) in [4.78, 5) is 15.6. The van der Waals surface area contributed by atoms with Gasteiger partial charge in [-0.05, 0) is 48.9 Å². The van der Waals surface area contributed by atoms with Gasteiger partial charge in [-0.15, -0.1) is 0 Å². The molecule has 2 aromatic rings. The summed E-state index contributed by atoms with van der Waals surface area (Å²) in [6, 6.07) is 12.6. The van der Waals surface area contributed by atoms with E-state index in [9.17, 15) is 4.79 Å². The van der Waals surface area contributed by atoms with E-state index in [1.807, 2.05) is 31.2 Å². The van der Waals surface area contributed by atoms with Gasteiger partial charge in [0.2, 0.25) is 0 Å². The molecule has 0 fully saturated rings. The number of hydrazone groups is 1. The molecule has 1 amide bonds. The van der Waals surface area contributed by atoms with Gasteiger partial charge in [-0.25, -0.2) is 5.43 Å². The second kappa shape index (κ2) is 7.04. The van der Waals surface area contributed by atoms with Gasteiger partial charge in [-0.2, -0.15) is 5.10 Å². The SMILES string of the molecule is CCOc1ccc(/C=N/NC(=O)c2ccccn2)cc1. The number of carbonyl (C=O) groups excluding carboxylic acids is 1. The molecule has 1 heterocycles. The molecule has 0 saturated carbocycles. The zero-order valence-corrected chi connectivity index (χ0v) is 11.1. The third-order valence-corrected chi connectivity index (χ3v) is 2.47. The number of aromatic nitrogens is 1. The first-order valence-corrected chi connectivity index (χ1v) is 6.27. The van der Waals surface area contributed by atoms with Crippen LogP contribution in [-0.2, 0) is 0 Å². The normalized spacial score (nSPS) is 10.4. The van der Waals surface area contributed by atoms with E-state index in [0.717, 1.165) is 11.3 Å². The molecule has 1 N–H and O–H groups in total. The quantitative estimate of drug-likeness (QED) is 0.669. The number of carbonyl (C=O) groups is 1. The maximum atomic E-state index is 11.7. The van der Waals surface area contributed by atoms with Crippen LogP contribution in [0.3, 0.4) is 0 Å². The Bertz CT molecular complexity index is 580. The third kappa shape index (κ3) is 3.91. The highest BCUT2D eigenvalue weighted by Gasteiger charge is 2.03. The zero-order chi connectivity index (χ0) is 14.2. The molecular formula is C15H15N3O2. The van der Waals surface area contributed by atoms with Crippen LogP contribution in [0.1, 0.15) is 23.0 Å². The molecule has 0 saturated heterocycles. The minimum Gasteiger partial charge on any atom is -0.494 e. The molecule has 0 radical (unpaired) electrons. The maximum absolute atomic E-state index is 11.7. The number of hydrogen-bond acceptors (Lipinski definition) is 4. The predicted octanol–water partition coefficient (Wildman–Crippen LogP) is 2.24. The monoisotopic (exact) mass is 269 g/mol. The van der Waals surface area contributed by atoms with E-state index in [4.69, 9.17) is 4.74 Å². The fourth-order valence-electron chi connectivity index (χ4n) is 1.54. The zero-order valence-electron chi connectivity index (χ0n) is 11.1. The van der Waals surface area contributed by atoms with Gasteiger partial charge in [0, 0.05) is 6.20 Å². The van der Waals surface area contributed by atoms with Crippen molar-refractivity contribution in [2.24, 2.45) is 5.10 Å². The van der Waals surface area contributed by atoms with Gasteiger partial charge < -0.3 is 4.74 Å². The number of pyridine rings is 1. The number of benzene rings is 1. The van der Waals surface area contributed by atoms with E-state index < -0.39 is 0 Å². The molecule has 20 heavy (non-hydrogen) atoms. The van der Waals surface area contributed by atoms with E-state index in [1.165, 1.54) is 0 Å². The first-order valence-electron chi connectivity index (χ1n) is 6.27. The van der Waals surface area contributed by atoms with Crippen LogP contribution in [0.25, 0.3) is 0 Å². The Kier molecular flexibility index (Phi) is 4.83. The second-order valence-corrected chi connectivity index (χ2v) is 3.92. The average molecular weight is 269 g/mol. The molecule has 0 aliphatic carbocycles. The molecule has 0 aliphatic heterocycles. The van der Waals surface area contributed by atoms with Crippen molar-refractivity contribution in [3.63, 3.8) is 0 Å². The Hall–Kier alpha value is -2.69. The number of ether oxygens (including phenoxy) is 1. The van der Waals surface area contributed by atoms with Crippen LogP contribution in [-0.4, -0.2) is 23.7 Å². The minimum atomic E-state index is -0.340. The summed E-state index contributed by atoms with van der Waals surface area (Å²) >= 11 is 0. The highest BCUT2D eigenvalue weighted by molar-refractivity contribution is 5.93. The van der Waals surface area contributed by atoms with Gasteiger partial charge in [-0.1, -0.05) is 6.07 Å². The van der Waals surface area contributed by atoms with Crippen LogP contribution in [0.2, 0.25) is 0 Å². The van der Waals surface area contributed by atoms with Crippen LogP contribution < -0.4 is 10.2 Å². The average Bonchev–Trinajstić information content (AvgIpc) is 2.50. The number of amides is 1. The molecule has 5 nitrogen and oxygen atoms in total. The van der Waals surface area contributed by atoms with Crippen LogP contribution in [0.15, 0.2) is 53.8 Å². The smallest absolute Gasteiger partial charge is 0.289 e. The van der Waals surface area contributed by atoms with Crippen LogP contribution in [0.5, 0.6) is 5.75 Å². The van der Waals surface area contributed by atoms with Crippen molar-refractivity contribution < 1.29 is 9.53 Å². The Labute approximate surface area is 117 Å². The van der Waals surface area contributed by atoms with Gasteiger partial charge in [-0.3, -0.25) is 9.78 Å². The van der Waals surface area contributed by atoms with Gasteiger partial charge in [0.05, 0.1) is 12.8 Å². The molecule has 2 rings (SSSR count). The van der Waals surface area contributed by atoms with E-state index in [2.05, 4.69) is 15.5 Å². The molecule has 0 atom stereocenters. The summed E-state index contributed by atoms with van der Waals surface area (Å²) in [5.74, 6) is 0.468. The number of nitrogens with zero attached hydrogens (tertiary/aromatic N) is 2. The van der Waals surface area contributed by atoms with E-state index in [-0.39, 0.29) is 5.91 Å². The molecule has 1 aromatic heterocycles. The Morgan fingerprint density at radius 3 is 2.75 bits per heavy atom. The first kappa shape index (κ1) is 13.7. The second-order valence-electron chi connectivity index (χ2n) is 3.92. The lowest BCUT2D eigenvalue weighted by atomic mass is 10.2. The summed E-state index contributed by atoms with van der Waals surface area (Å²) in [5, 5.41) is 3.89. The fraction of sp³-hybridized carbons (Fsp3) is 0.133. The van der Waals surface area contributed by atoms with Crippen molar-refractivity contribution in [2.75, 3.05) is 6.61 Å². The van der Waals surface area contributed by atoms with E-state index in [0.29, 0.717) is 12.3 Å².